The smallest absolute Gasteiger partial charge is 0.216 e. The average Bonchev–Trinajstić information content (AvgIpc) is 2.07. The number of hydrogen-bond donors (Lipinski definition) is 1. The zero-order valence-corrected chi connectivity index (χ0v) is 6.84. The van der Waals surface area contributed by atoms with Crippen molar-refractivity contribution in [3.05, 3.63) is 30.3 Å². The second kappa shape index (κ2) is 3.88. The van der Waals surface area contributed by atoms with E-state index < -0.39 is 6.23 Å². The van der Waals surface area contributed by atoms with Crippen molar-refractivity contribution in [2.75, 3.05) is 4.90 Å². The van der Waals surface area contributed by atoms with Gasteiger partial charge in [-0.15, -0.1) is 0 Å². The minimum Gasteiger partial charge on any atom is -0.373 e. The van der Waals surface area contributed by atoms with Crippen molar-refractivity contribution in [1.82, 2.24) is 0 Å². The molecule has 0 spiro atoms. The van der Waals surface area contributed by atoms with Gasteiger partial charge in [-0.25, -0.2) is 0 Å². The van der Waals surface area contributed by atoms with Crippen LogP contribution in [0, 0.1) is 0 Å². The molecule has 1 aromatic rings. The highest BCUT2D eigenvalue weighted by Crippen LogP contribution is 2.12. The van der Waals surface area contributed by atoms with Gasteiger partial charge in [-0.1, -0.05) is 18.2 Å². The number of aliphatic hydroxyl groups excluding tert-OH is 1. The molecule has 12 heavy (non-hydrogen) atoms. The second-order valence-corrected chi connectivity index (χ2v) is 2.48. The van der Waals surface area contributed by atoms with E-state index in [9.17, 15) is 4.79 Å². The van der Waals surface area contributed by atoms with Gasteiger partial charge in [0.2, 0.25) is 6.41 Å². The molecule has 1 N–H and O–H groups in total. The van der Waals surface area contributed by atoms with E-state index in [4.69, 9.17) is 5.11 Å². The highest BCUT2D eigenvalue weighted by Gasteiger charge is 2.08. The second-order valence-electron chi connectivity index (χ2n) is 2.48. The summed E-state index contributed by atoms with van der Waals surface area (Å²) in [5, 5.41) is 9.16. The highest BCUT2D eigenvalue weighted by atomic mass is 16.3. The van der Waals surface area contributed by atoms with Crippen LogP contribution >= 0.6 is 0 Å². The Morgan fingerprint density at radius 2 is 2.00 bits per heavy atom. The zero-order chi connectivity index (χ0) is 8.97. The third kappa shape index (κ3) is 1.83. The maximum atomic E-state index is 10.5. The number of carbonyl (C=O) groups excluding carboxylic acids is 1. The summed E-state index contributed by atoms with van der Waals surface area (Å²) in [6.45, 7) is 1.54. The van der Waals surface area contributed by atoms with Gasteiger partial charge >= 0.3 is 0 Å². The average molecular weight is 165 g/mol. The number of hydrogen-bond acceptors (Lipinski definition) is 2. The third-order valence-corrected chi connectivity index (χ3v) is 1.57. The Bertz CT molecular complexity index is 246. The SMILES string of the molecule is CC(O)N(C=O)c1ccccc1. The fourth-order valence-corrected chi connectivity index (χ4v) is 0.965. The van der Waals surface area contributed by atoms with Gasteiger partial charge in [0.05, 0.1) is 0 Å². The molecule has 3 nitrogen and oxygen atoms in total. The standard InChI is InChI=1S/C9H11NO2/c1-8(12)10(7-11)9-5-3-2-4-6-9/h2-8,12H,1H3. The first kappa shape index (κ1) is 8.74. The summed E-state index contributed by atoms with van der Waals surface area (Å²) in [6.07, 6.45) is -0.176. The maximum absolute atomic E-state index is 10.5. The molecule has 0 bridgehead atoms. The van der Waals surface area contributed by atoms with Crippen LogP contribution in [-0.4, -0.2) is 17.7 Å². The summed E-state index contributed by atoms with van der Waals surface area (Å²) in [7, 11) is 0. The number of anilines is 1. The molecule has 0 aliphatic heterocycles. The van der Waals surface area contributed by atoms with Gasteiger partial charge in [-0.05, 0) is 19.1 Å². The van der Waals surface area contributed by atoms with Gasteiger partial charge in [0.25, 0.3) is 0 Å². The molecule has 1 rings (SSSR count). The van der Waals surface area contributed by atoms with Crippen LogP contribution < -0.4 is 4.90 Å². The number of amides is 1. The quantitative estimate of drug-likeness (QED) is 0.536. The van der Waals surface area contributed by atoms with E-state index >= 15 is 0 Å². The van der Waals surface area contributed by atoms with Crippen molar-refractivity contribution in [3.63, 3.8) is 0 Å². The molecule has 0 saturated heterocycles. The third-order valence-electron chi connectivity index (χ3n) is 1.57. The summed E-state index contributed by atoms with van der Waals surface area (Å²) in [5.74, 6) is 0. The molecule has 0 aliphatic rings. The lowest BCUT2D eigenvalue weighted by atomic mass is 10.3. The number of aliphatic hydroxyl groups is 1. The normalized spacial score (nSPS) is 12.2. The molecule has 1 atom stereocenters. The molecule has 0 fully saturated rings. The van der Waals surface area contributed by atoms with Crippen molar-refractivity contribution in [2.45, 2.75) is 13.2 Å². The summed E-state index contributed by atoms with van der Waals surface area (Å²) in [6, 6.07) is 9.01. The van der Waals surface area contributed by atoms with E-state index in [-0.39, 0.29) is 0 Å². The Morgan fingerprint density at radius 1 is 1.42 bits per heavy atom. The van der Waals surface area contributed by atoms with Crippen molar-refractivity contribution < 1.29 is 9.90 Å². The number of nitrogens with zero attached hydrogens (tertiary/aromatic N) is 1. The predicted octanol–water partition coefficient (Wildman–Crippen LogP) is 0.988. The van der Waals surface area contributed by atoms with E-state index in [1.165, 1.54) is 4.90 Å². The van der Waals surface area contributed by atoms with E-state index in [0.29, 0.717) is 12.1 Å². The molecular weight excluding hydrogens is 154 g/mol. The Kier molecular flexibility index (Phi) is 2.82. The van der Waals surface area contributed by atoms with Crippen LogP contribution in [0.3, 0.4) is 0 Å². The number of benzene rings is 1. The molecule has 1 amide bonds. The Morgan fingerprint density at radius 3 is 2.42 bits per heavy atom. The first-order valence-corrected chi connectivity index (χ1v) is 3.72. The summed E-state index contributed by atoms with van der Waals surface area (Å²) in [5.41, 5.74) is 0.697. The molecule has 0 aromatic heterocycles. The maximum Gasteiger partial charge on any atom is 0.216 e. The minimum atomic E-state index is -0.787. The number of rotatable bonds is 3. The van der Waals surface area contributed by atoms with Crippen molar-refractivity contribution >= 4 is 12.1 Å². The van der Waals surface area contributed by atoms with Crippen molar-refractivity contribution in [1.29, 1.82) is 0 Å². The largest absolute Gasteiger partial charge is 0.373 e. The highest BCUT2D eigenvalue weighted by molar-refractivity contribution is 5.75. The summed E-state index contributed by atoms with van der Waals surface area (Å²) < 4.78 is 0. The van der Waals surface area contributed by atoms with Crippen LogP contribution in [0.15, 0.2) is 30.3 Å². The Labute approximate surface area is 71.2 Å². The van der Waals surface area contributed by atoms with Gasteiger partial charge in [0.15, 0.2) is 0 Å². The molecule has 1 unspecified atom stereocenters. The van der Waals surface area contributed by atoms with E-state index in [0.717, 1.165) is 0 Å². The lowest BCUT2D eigenvalue weighted by Crippen LogP contribution is -2.30. The fraction of sp³-hybridized carbons (Fsp3) is 0.222. The molecular formula is C9H11NO2. The minimum absolute atomic E-state index is 0.611. The molecule has 3 heteroatoms. The molecule has 0 radical (unpaired) electrons. The van der Waals surface area contributed by atoms with Crippen LogP contribution in [0.5, 0.6) is 0 Å². The van der Waals surface area contributed by atoms with E-state index in [1.54, 1.807) is 19.1 Å². The number of carbonyl (C=O) groups is 1. The number of para-hydroxylation sites is 1. The van der Waals surface area contributed by atoms with E-state index in [1.807, 2.05) is 18.2 Å². The zero-order valence-electron chi connectivity index (χ0n) is 6.84. The monoisotopic (exact) mass is 165 g/mol. The van der Waals surface area contributed by atoms with E-state index in [2.05, 4.69) is 0 Å². The Balaban J connectivity index is 2.88. The molecule has 1 aromatic carbocycles. The lowest BCUT2D eigenvalue weighted by Gasteiger charge is -2.19. The topological polar surface area (TPSA) is 40.5 Å². The van der Waals surface area contributed by atoms with Crippen molar-refractivity contribution in [3.8, 4) is 0 Å². The summed E-state index contributed by atoms with van der Waals surface area (Å²) >= 11 is 0. The van der Waals surface area contributed by atoms with Crippen LogP contribution in [0.2, 0.25) is 0 Å². The molecule has 0 aliphatic carbocycles. The van der Waals surface area contributed by atoms with Crippen LogP contribution in [0.25, 0.3) is 0 Å². The molecule has 64 valence electrons. The van der Waals surface area contributed by atoms with Gasteiger partial charge in [0, 0.05) is 5.69 Å². The summed E-state index contributed by atoms with van der Waals surface area (Å²) in [4.78, 5) is 11.8. The fourth-order valence-electron chi connectivity index (χ4n) is 0.965. The van der Waals surface area contributed by atoms with Gasteiger partial charge in [0.1, 0.15) is 6.23 Å². The first-order chi connectivity index (χ1) is 5.75. The lowest BCUT2D eigenvalue weighted by molar-refractivity contribution is -0.109. The predicted molar refractivity (Wildman–Crippen MR) is 46.7 cm³/mol. The van der Waals surface area contributed by atoms with Crippen molar-refractivity contribution in [2.24, 2.45) is 0 Å². The molecule has 0 heterocycles. The Hall–Kier alpha value is -1.35. The first-order valence-electron chi connectivity index (χ1n) is 3.72. The van der Waals surface area contributed by atoms with Crippen LogP contribution in [0.1, 0.15) is 6.92 Å². The van der Waals surface area contributed by atoms with Gasteiger partial charge < -0.3 is 5.11 Å². The van der Waals surface area contributed by atoms with Crippen LogP contribution in [-0.2, 0) is 4.79 Å². The van der Waals surface area contributed by atoms with Gasteiger partial charge in [-0.2, -0.15) is 0 Å². The van der Waals surface area contributed by atoms with Crippen LogP contribution in [0.4, 0.5) is 5.69 Å². The molecule has 0 saturated carbocycles. The van der Waals surface area contributed by atoms with Gasteiger partial charge in [-0.3, -0.25) is 9.69 Å².